The Hall–Kier alpha value is -0.820. The Morgan fingerprint density at radius 3 is 2.35 bits per heavy atom. The Morgan fingerprint density at radius 2 is 1.82 bits per heavy atom. The van der Waals surface area contributed by atoms with Crippen molar-refractivity contribution in [2.24, 2.45) is 17.6 Å². The van der Waals surface area contributed by atoms with E-state index in [0.717, 1.165) is 18.8 Å². The first-order valence-electron chi connectivity index (χ1n) is 7.04. The average molecular weight is 231 g/mol. The number of hydrogen-bond acceptors (Lipinski definition) is 1. The van der Waals surface area contributed by atoms with Gasteiger partial charge in [0, 0.05) is 6.04 Å². The minimum atomic E-state index is 0.221. The van der Waals surface area contributed by atoms with Gasteiger partial charge in [-0.15, -0.1) is 0 Å². The van der Waals surface area contributed by atoms with Crippen LogP contribution in [0.4, 0.5) is 0 Å². The Bertz CT molecular complexity index is 379. The third-order valence-electron chi connectivity index (χ3n) is 4.31. The monoisotopic (exact) mass is 231 g/mol. The van der Waals surface area contributed by atoms with Crippen molar-refractivity contribution in [1.82, 2.24) is 0 Å². The molecular formula is C16H25N. The van der Waals surface area contributed by atoms with Gasteiger partial charge < -0.3 is 5.73 Å². The summed E-state index contributed by atoms with van der Waals surface area (Å²) in [5.74, 6) is 1.51. The molecule has 1 aromatic rings. The van der Waals surface area contributed by atoms with Crippen LogP contribution in [0.3, 0.4) is 0 Å². The van der Waals surface area contributed by atoms with Crippen molar-refractivity contribution < 1.29 is 0 Å². The number of rotatable bonds is 5. The predicted molar refractivity (Wildman–Crippen MR) is 74.0 cm³/mol. The first-order valence-corrected chi connectivity index (χ1v) is 7.04. The van der Waals surface area contributed by atoms with Gasteiger partial charge in [0.2, 0.25) is 0 Å². The molecule has 0 spiro atoms. The highest BCUT2D eigenvalue weighted by atomic mass is 14.7. The summed E-state index contributed by atoms with van der Waals surface area (Å²) in [7, 11) is 0. The zero-order valence-corrected chi connectivity index (χ0v) is 11.4. The fourth-order valence-electron chi connectivity index (χ4n) is 2.75. The average Bonchev–Trinajstić information content (AvgIpc) is 3.20. The fourth-order valence-corrected chi connectivity index (χ4v) is 2.75. The molecule has 94 valence electrons. The van der Waals surface area contributed by atoms with Gasteiger partial charge in [0.05, 0.1) is 0 Å². The molecular weight excluding hydrogens is 206 g/mol. The van der Waals surface area contributed by atoms with Crippen molar-refractivity contribution in [3.8, 4) is 0 Å². The van der Waals surface area contributed by atoms with E-state index in [9.17, 15) is 0 Å². The van der Waals surface area contributed by atoms with Crippen LogP contribution in [0.2, 0.25) is 0 Å². The van der Waals surface area contributed by atoms with Crippen LogP contribution in [0, 0.1) is 11.8 Å². The molecule has 1 aromatic carbocycles. The summed E-state index contributed by atoms with van der Waals surface area (Å²) in [6.45, 7) is 6.76. The van der Waals surface area contributed by atoms with Crippen LogP contribution in [-0.4, -0.2) is 0 Å². The standard InChI is InChI=1S/C16H25N/c1-4-12-6-9-15(10-13(12)5-2)16(17)11(3)14-7-8-14/h6,9-11,14,16H,4-5,7-8,17H2,1-3H3. The van der Waals surface area contributed by atoms with E-state index >= 15 is 0 Å². The molecule has 0 amide bonds. The smallest absolute Gasteiger partial charge is 0.0323 e. The van der Waals surface area contributed by atoms with Gasteiger partial charge in [0.1, 0.15) is 0 Å². The van der Waals surface area contributed by atoms with E-state index in [4.69, 9.17) is 5.73 Å². The van der Waals surface area contributed by atoms with Crippen LogP contribution >= 0.6 is 0 Å². The maximum Gasteiger partial charge on any atom is 0.0323 e. The molecule has 0 aromatic heterocycles. The van der Waals surface area contributed by atoms with E-state index in [1.54, 1.807) is 0 Å². The molecule has 0 bridgehead atoms. The molecule has 2 N–H and O–H groups in total. The topological polar surface area (TPSA) is 26.0 Å². The van der Waals surface area contributed by atoms with E-state index in [2.05, 4.69) is 39.0 Å². The maximum atomic E-state index is 6.39. The lowest BCUT2D eigenvalue weighted by atomic mass is 9.89. The summed E-state index contributed by atoms with van der Waals surface area (Å²) < 4.78 is 0. The summed E-state index contributed by atoms with van der Waals surface area (Å²) in [6, 6.07) is 7.07. The summed E-state index contributed by atoms with van der Waals surface area (Å²) in [6.07, 6.45) is 4.99. The van der Waals surface area contributed by atoms with Gasteiger partial charge in [-0.3, -0.25) is 0 Å². The highest BCUT2D eigenvalue weighted by molar-refractivity contribution is 5.34. The SMILES string of the molecule is CCc1ccc(C(N)C(C)C2CC2)cc1CC. The van der Waals surface area contributed by atoms with Gasteiger partial charge in [-0.25, -0.2) is 0 Å². The Morgan fingerprint density at radius 1 is 1.18 bits per heavy atom. The molecule has 1 fully saturated rings. The largest absolute Gasteiger partial charge is 0.324 e. The molecule has 0 aliphatic heterocycles. The highest BCUT2D eigenvalue weighted by Crippen LogP contribution is 2.41. The van der Waals surface area contributed by atoms with Gasteiger partial charge in [-0.2, -0.15) is 0 Å². The van der Waals surface area contributed by atoms with Gasteiger partial charge in [-0.05, 0) is 54.2 Å². The van der Waals surface area contributed by atoms with Crippen LogP contribution in [0.25, 0.3) is 0 Å². The minimum Gasteiger partial charge on any atom is -0.324 e. The van der Waals surface area contributed by atoms with Gasteiger partial charge >= 0.3 is 0 Å². The second-order valence-corrected chi connectivity index (χ2v) is 5.46. The Balaban J connectivity index is 2.19. The number of nitrogens with two attached hydrogens (primary N) is 1. The summed E-state index contributed by atoms with van der Waals surface area (Å²) >= 11 is 0. The Kier molecular flexibility index (Phi) is 3.88. The van der Waals surface area contributed by atoms with Crippen molar-refractivity contribution in [2.75, 3.05) is 0 Å². The second-order valence-electron chi connectivity index (χ2n) is 5.46. The van der Waals surface area contributed by atoms with Crippen LogP contribution in [0.1, 0.15) is 56.3 Å². The van der Waals surface area contributed by atoms with Crippen molar-refractivity contribution in [3.05, 3.63) is 34.9 Å². The van der Waals surface area contributed by atoms with E-state index in [1.165, 1.54) is 29.5 Å². The van der Waals surface area contributed by atoms with Gasteiger partial charge in [-0.1, -0.05) is 39.0 Å². The third-order valence-corrected chi connectivity index (χ3v) is 4.31. The van der Waals surface area contributed by atoms with E-state index in [1.807, 2.05) is 0 Å². The summed E-state index contributed by atoms with van der Waals surface area (Å²) in [4.78, 5) is 0. The van der Waals surface area contributed by atoms with Gasteiger partial charge in [0.25, 0.3) is 0 Å². The molecule has 2 rings (SSSR count). The van der Waals surface area contributed by atoms with Crippen molar-refractivity contribution in [2.45, 2.75) is 52.5 Å². The third kappa shape index (κ3) is 2.71. The lowest BCUT2D eigenvalue weighted by Gasteiger charge is -2.21. The first kappa shape index (κ1) is 12.6. The molecule has 2 unspecified atom stereocenters. The van der Waals surface area contributed by atoms with E-state index in [-0.39, 0.29) is 6.04 Å². The van der Waals surface area contributed by atoms with Gasteiger partial charge in [0.15, 0.2) is 0 Å². The number of benzene rings is 1. The predicted octanol–water partition coefficient (Wildman–Crippen LogP) is 3.86. The molecule has 1 saturated carbocycles. The first-order chi connectivity index (χ1) is 8.17. The van der Waals surface area contributed by atoms with Crippen LogP contribution in [0.5, 0.6) is 0 Å². The highest BCUT2D eigenvalue weighted by Gasteiger charge is 2.32. The molecule has 17 heavy (non-hydrogen) atoms. The summed E-state index contributed by atoms with van der Waals surface area (Å²) in [5, 5.41) is 0. The van der Waals surface area contributed by atoms with Crippen molar-refractivity contribution >= 4 is 0 Å². The van der Waals surface area contributed by atoms with Crippen LogP contribution in [-0.2, 0) is 12.8 Å². The lowest BCUT2D eigenvalue weighted by molar-refractivity contribution is 0.417. The maximum absolute atomic E-state index is 6.39. The molecule has 0 heterocycles. The number of hydrogen-bond donors (Lipinski definition) is 1. The van der Waals surface area contributed by atoms with Crippen molar-refractivity contribution in [3.63, 3.8) is 0 Å². The zero-order chi connectivity index (χ0) is 12.4. The number of aryl methyl sites for hydroxylation is 2. The molecule has 2 atom stereocenters. The zero-order valence-electron chi connectivity index (χ0n) is 11.4. The summed E-state index contributed by atoms with van der Waals surface area (Å²) in [5.41, 5.74) is 10.7. The molecule has 1 aliphatic carbocycles. The van der Waals surface area contributed by atoms with E-state index < -0.39 is 0 Å². The van der Waals surface area contributed by atoms with E-state index in [0.29, 0.717) is 5.92 Å². The molecule has 1 nitrogen and oxygen atoms in total. The van der Waals surface area contributed by atoms with Crippen molar-refractivity contribution in [1.29, 1.82) is 0 Å². The molecule has 1 heteroatoms. The molecule has 0 radical (unpaired) electrons. The quantitative estimate of drug-likeness (QED) is 0.818. The van der Waals surface area contributed by atoms with Crippen LogP contribution in [0.15, 0.2) is 18.2 Å². The van der Waals surface area contributed by atoms with Crippen LogP contribution < -0.4 is 5.73 Å². The molecule has 1 aliphatic rings. The normalized spacial score (nSPS) is 19.1. The minimum absolute atomic E-state index is 0.221. The lowest BCUT2D eigenvalue weighted by Crippen LogP contribution is -2.20. The Labute approximate surface area is 105 Å². The molecule has 0 saturated heterocycles. The fraction of sp³-hybridized carbons (Fsp3) is 0.625. The second kappa shape index (κ2) is 5.22.